The number of methoxy groups -OCH3 is 1. The van der Waals surface area contributed by atoms with Crippen molar-refractivity contribution in [3.05, 3.63) is 29.3 Å². The molecule has 1 heterocycles. The van der Waals surface area contributed by atoms with Crippen molar-refractivity contribution in [1.82, 2.24) is 15.1 Å². The first-order valence-corrected chi connectivity index (χ1v) is 8.99. The molecule has 0 spiro atoms. The fourth-order valence-corrected chi connectivity index (χ4v) is 3.03. The Balaban J connectivity index is 1.63. The molecule has 0 bridgehead atoms. The van der Waals surface area contributed by atoms with Crippen LogP contribution in [-0.2, 0) is 9.53 Å². The van der Waals surface area contributed by atoms with Gasteiger partial charge in [0.25, 0.3) is 0 Å². The molecule has 1 amide bonds. The maximum Gasteiger partial charge on any atom is 0.234 e. The summed E-state index contributed by atoms with van der Waals surface area (Å²) in [4.78, 5) is 16.4. The third kappa shape index (κ3) is 6.65. The third-order valence-corrected chi connectivity index (χ3v) is 4.52. The number of carbonyl (C=O) groups excluding carboxylic acids is 1. The summed E-state index contributed by atoms with van der Waals surface area (Å²) in [5.41, 5.74) is 2.37. The van der Waals surface area contributed by atoms with Crippen LogP contribution >= 0.6 is 0 Å². The fraction of sp³-hybridized carbons (Fsp3) is 0.632. The fourth-order valence-electron chi connectivity index (χ4n) is 3.03. The van der Waals surface area contributed by atoms with E-state index in [2.05, 4.69) is 47.2 Å². The SMILES string of the molecule is COCCNC(=O)CN1CCN(CCOc2c(C)cccc2C)CC1. The van der Waals surface area contributed by atoms with Crippen LogP contribution in [0.25, 0.3) is 0 Å². The summed E-state index contributed by atoms with van der Waals surface area (Å²) in [6, 6.07) is 6.22. The van der Waals surface area contributed by atoms with E-state index in [0.717, 1.165) is 38.5 Å². The van der Waals surface area contributed by atoms with Crippen molar-refractivity contribution in [2.24, 2.45) is 0 Å². The van der Waals surface area contributed by atoms with Crippen LogP contribution in [0.15, 0.2) is 18.2 Å². The van der Waals surface area contributed by atoms with Crippen LogP contribution < -0.4 is 10.1 Å². The minimum atomic E-state index is 0.0730. The van der Waals surface area contributed by atoms with Gasteiger partial charge in [0.2, 0.25) is 5.91 Å². The molecule has 140 valence electrons. The summed E-state index contributed by atoms with van der Waals surface area (Å²) < 4.78 is 10.9. The second-order valence-corrected chi connectivity index (χ2v) is 6.53. The third-order valence-electron chi connectivity index (χ3n) is 4.52. The Morgan fingerprint density at radius 1 is 1.08 bits per heavy atom. The molecule has 0 aromatic heterocycles. The molecule has 1 aliphatic rings. The molecule has 0 unspecified atom stereocenters. The zero-order valence-corrected chi connectivity index (χ0v) is 15.7. The molecule has 1 N–H and O–H groups in total. The van der Waals surface area contributed by atoms with Gasteiger partial charge in [0.1, 0.15) is 12.4 Å². The van der Waals surface area contributed by atoms with Crippen LogP contribution in [0.5, 0.6) is 5.75 Å². The maximum absolute atomic E-state index is 11.8. The first-order valence-electron chi connectivity index (χ1n) is 8.99. The van der Waals surface area contributed by atoms with Crippen LogP contribution in [0.1, 0.15) is 11.1 Å². The number of piperazine rings is 1. The normalized spacial score (nSPS) is 16.0. The maximum atomic E-state index is 11.8. The average Bonchev–Trinajstić information content (AvgIpc) is 2.59. The Morgan fingerprint density at radius 3 is 2.36 bits per heavy atom. The molecule has 0 saturated carbocycles. The summed E-state index contributed by atoms with van der Waals surface area (Å²) in [5, 5.41) is 2.87. The van der Waals surface area contributed by atoms with Gasteiger partial charge < -0.3 is 14.8 Å². The summed E-state index contributed by atoms with van der Waals surface area (Å²) in [6.45, 7) is 11.2. The van der Waals surface area contributed by atoms with Gasteiger partial charge in [0.15, 0.2) is 0 Å². The van der Waals surface area contributed by atoms with Gasteiger partial charge in [-0.05, 0) is 25.0 Å². The van der Waals surface area contributed by atoms with Crippen LogP contribution in [0.2, 0.25) is 0 Å². The number of aryl methyl sites for hydroxylation is 2. The van der Waals surface area contributed by atoms with E-state index >= 15 is 0 Å². The van der Waals surface area contributed by atoms with Crippen molar-refractivity contribution in [2.75, 3.05) is 66.1 Å². The summed E-state index contributed by atoms with van der Waals surface area (Å²) in [7, 11) is 1.63. The van der Waals surface area contributed by atoms with Crippen LogP contribution in [0.3, 0.4) is 0 Å². The van der Waals surface area contributed by atoms with Crippen molar-refractivity contribution in [3.8, 4) is 5.75 Å². The molecule has 0 radical (unpaired) electrons. The smallest absolute Gasteiger partial charge is 0.234 e. The van der Waals surface area contributed by atoms with E-state index in [1.807, 2.05) is 0 Å². The molecule has 0 atom stereocenters. The van der Waals surface area contributed by atoms with Gasteiger partial charge in [-0.25, -0.2) is 0 Å². The molecule has 6 nitrogen and oxygen atoms in total. The minimum absolute atomic E-state index is 0.0730. The van der Waals surface area contributed by atoms with E-state index in [1.165, 1.54) is 11.1 Å². The second-order valence-electron chi connectivity index (χ2n) is 6.53. The van der Waals surface area contributed by atoms with Crippen molar-refractivity contribution in [1.29, 1.82) is 0 Å². The number of nitrogens with one attached hydrogen (secondary N) is 1. The lowest BCUT2D eigenvalue weighted by Crippen LogP contribution is -2.50. The Labute approximate surface area is 151 Å². The second kappa shape index (κ2) is 10.4. The summed E-state index contributed by atoms with van der Waals surface area (Å²) in [5.74, 6) is 1.08. The number of ether oxygens (including phenoxy) is 2. The molecule has 25 heavy (non-hydrogen) atoms. The quantitative estimate of drug-likeness (QED) is 0.676. The Kier molecular flexibility index (Phi) is 8.18. The highest BCUT2D eigenvalue weighted by atomic mass is 16.5. The predicted octanol–water partition coefficient (Wildman–Crippen LogP) is 1.06. The zero-order valence-electron chi connectivity index (χ0n) is 15.7. The summed E-state index contributed by atoms with van der Waals surface area (Å²) >= 11 is 0. The number of benzene rings is 1. The molecular weight excluding hydrogens is 318 g/mol. The molecule has 1 saturated heterocycles. The van der Waals surface area contributed by atoms with E-state index in [-0.39, 0.29) is 5.91 Å². The summed E-state index contributed by atoms with van der Waals surface area (Å²) in [6.07, 6.45) is 0. The highest BCUT2D eigenvalue weighted by Gasteiger charge is 2.18. The molecule has 1 fully saturated rings. The van der Waals surface area contributed by atoms with Gasteiger partial charge in [-0.1, -0.05) is 18.2 Å². The molecular formula is C19H31N3O3. The number of hydrogen-bond donors (Lipinski definition) is 1. The topological polar surface area (TPSA) is 54.0 Å². The Hall–Kier alpha value is -1.63. The van der Waals surface area contributed by atoms with E-state index < -0.39 is 0 Å². The number of hydrogen-bond acceptors (Lipinski definition) is 5. The standard InChI is InChI=1S/C19H31N3O3/c1-16-5-4-6-17(2)19(16)25-14-12-21-8-10-22(11-9-21)15-18(23)20-7-13-24-3/h4-6H,7-15H2,1-3H3,(H,20,23). The Morgan fingerprint density at radius 2 is 1.72 bits per heavy atom. The minimum Gasteiger partial charge on any atom is -0.492 e. The van der Waals surface area contributed by atoms with Gasteiger partial charge in [0.05, 0.1) is 13.2 Å². The van der Waals surface area contributed by atoms with Crippen LogP contribution in [0, 0.1) is 13.8 Å². The number of nitrogens with zero attached hydrogens (tertiary/aromatic N) is 2. The average molecular weight is 349 g/mol. The number of para-hydroxylation sites is 1. The Bertz CT molecular complexity index is 522. The van der Waals surface area contributed by atoms with E-state index in [1.54, 1.807) is 7.11 Å². The lowest BCUT2D eigenvalue weighted by atomic mass is 10.1. The van der Waals surface area contributed by atoms with Crippen molar-refractivity contribution >= 4 is 5.91 Å². The van der Waals surface area contributed by atoms with Gasteiger partial charge >= 0.3 is 0 Å². The van der Waals surface area contributed by atoms with Gasteiger partial charge in [-0.15, -0.1) is 0 Å². The van der Waals surface area contributed by atoms with Crippen LogP contribution in [0.4, 0.5) is 0 Å². The molecule has 6 heteroatoms. The largest absolute Gasteiger partial charge is 0.492 e. The first-order chi connectivity index (χ1) is 12.1. The van der Waals surface area contributed by atoms with Crippen molar-refractivity contribution in [2.45, 2.75) is 13.8 Å². The monoisotopic (exact) mass is 349 g/mol. The predicted molar refractivity (Wildman–Crippen MR) is 99.2 cm³/mol. The molecule has 1 aromatic carbocycles. The van der Waals surface area contributed by atoms with E-state index in [4.69, 9.17) is 9.47 Å². The van der Waals surface area contributed by atoms with Crippen molar-refractivity contribution in [3.63, 3.8) is 0 Å². The molecule has 1 aromatic rings. The van der Waals surface area contributed by atoms with Crippen LogP contribution in [-0.4, -0.2) is 81.8 Å². The lowest BCUT2D eigenvalue weighted by Gasteiger charge is -2.34. The lowest BCUT2D eigenvalue weighted by molar-refractivity contribution is -0.122. The first kappa shape index (κ1) is 19.7. The number of amides is 1. The van der Waals surface area contributed by atoms with Gasteiger partial charge in [-0.2, -0.15) is 0 Å². The van der Waals surface area contributed by atoms with Crippen molar-refractivity contribution < 1.29 is 14.3 Å². The molecule has 1 aliphatic heterocycles. The van der Waals surface area contributed by atoms with Gasteiger partial charge in [-0.3, -0.25) is 14.6 Å². The number of carbonyl (C=O) groups is 1. The van der Waals surface area contributed by atoms with Gasteiger partial charge in [0, 0.05) is 46.4 Å². The van der Waals surface area contributed by atoms with E-state index in [9.17, 15) is 4.79 Å². The number of rotatable bonds is 9. The molecule has 2 rings (SSSR count). The highest BCUT2D eigenvalue weighted by Crippen LogP contribution is 2.22. The zero-order chi connectivity index (χ0) is 18.1. The van der Waals surface area contributed by atoms with E-state index in [0.29, 0.717) is 26.3 Å². The highest BCUT2D eigenvalue weighted by molar-refractivity contribution is 5.78. The molecule has 0 aliphatic carbocycles.